The topological polar surface area (TPSA) is 182 Å². The number of ketones is 1. The van der Waals surface area contributed by atoms with Crippen LogP contribution in [0.4, 0.5) is 4.79 Å². The number of aromatic nitrogens is 3. The molecule has 0 radical (unpaired) electrons. The lowest BCUT2D eigenvalue weighted by molar-refractivity contribution is -0.140. The summed E-state index contributed by atoms with van der Waals surface area (Å²) >= 11 is 0. The van der Waals surface area contributed by atoms with Crippen molar-refractivity contribution in [3.8, 4) is 17.1 Å². The number of imidazole rings is 1. The molecule has 1 saturated carbocycles. The van der Waals surface area contributed by atoms with Gasteiger partial charge in [-0.05, 0) is 78.4 Å². The van der Waals surface area contributed by atoms with Crippen molar-refractivity contribution in [1.29, 1.82) is 0 Å². The quantitative estimate of drug-likeness (QED) is 0.283. The van der Waals surface area contributed by atoms with Gasteiger partial charge in [-0.2, -0.15) is 17.7 Å². The molecule has 308 valence electrons. The molecule has 2 aromatic heterocycles. The van der Waals surface area contributed by atoms with Crippen LogP contribution in [0, 0.1) is 11.3 Å². The van der Waals surface area contributed by atoms with E-state index in [1.54, 1.807) is 33.2 Å². The minimum absolute atomic E-state index is 0.00996. The molecule has 6 rings (SSSR count). The Morgan fingerprint density at radius 3 is 2.53 bits per heavy atom. The van der Waals surface area contributed by atoms with Gasteiger partial charge in [0, 0.05) is 56.5 Å². The molecule has 2 N–H and O–H groups in total. The van der Waals surface area contributed by atoms with Crippen molar-refractivity contribution in [2.75, 3.05) is 20.6 Å². The SMILES string of the molecule is CC(C)n1c(O[C@@H]2C[C@H]3C(=O)C[C@]4(C(=O)NS(=O)(=O)N(C)C)C[C@H]4/C=C\CCCCC[C@H](NC(=O)OC(C)(C)C)C(=O)N3C2)nc2c(-c3cccnc3)cccc21. The maximum Gasteiger partial charge on any atom is 0.408 e. The Kier molecular flexibility index (Phi) is 12.1. The predicted octanol–water partition coefficient (Wildman–Crippen LogP) is 5.33. The highest BCUT2D eigenvalue weighted by Crippen LogP contribution is 2.57. The van der Waals surface area contributed by atoms with E-state index in [9.17, 15) is 27.6 Å². The van der Waals surface area contributed by atoms with Crippen LogP contribution in [-0.2, 0) is 29.3 Å². The summed E-state index contributed by atoms with van der Waals surface area (Å²) in [6.45, 7) is 9.26. The highest BCUT2D eigenvalue weighted by molar-refractivity contribution is 7.87. The highest BCUT2D eigenvalue weighted by atomic mass is 32.2. The number of hydrogen-bond acceptors (Lipinski definition) is 10. The van der Waals surface area contributed by atoms with E-state index in [4.69, 9.17) is 14.5 Å². The number of pyridine rings is 1. The number of carbonyl (C=O) groups excluding carboxylic acids is 4. The van der Waals surface area contributed by atoms with Crippen LogP contribution in [0.5, 0.6) is 6.01 Å². The zero-order valence-corrected chi connectivity index (χ0v) is 34.7. The number of rotatable bonds is 8. The van der Waals surface area contributed by atoms with E-state index in [0.29, 0.717) is 30.8 Å². The average molecular weight is 806 g/mol. The number of fused-ring (bicyclic) bond motifs is 3. The van der Waals surface area contributed by atoms with E-state index in [1.165, 1.54) is 19.0 Å². The molecular weight excluding hydrogens is 751 g/mol. The van der Waals surface area contributed by atoms with E-state index >= 15 is 0 Å². The number of Topliss-reactive ketones (excluding diaryl/α,β-unsaturated/α-hetero) is 1. The van der Waals surface area contributed by atoms with Crippen molar-refractivity contribution in [3.63, 3.8) is 0 Å². The first-order valence-electron chi connectivity index (χ1n) is 19.7. The van der Waals surface area contributed by atoms with Gasteiger partial charge in [-0.15, -0.1) is 0 Å². The summed E-state index contributed by atoms with van der Waals surface area (Å²) in [5.41, 5.74) is 1.20. The first-order valence-corrected chi connectivity index (χ1v) is 21.2. The van der Waals surface area contributed by atoms with Gasteiger partial charge < -0.3 is 19.7 Å². The van der Waals surface area contributed by atoms with Crippen molar-refractivity contribution in [1.82, 2.24) is 33.8 Å². The van der Waals surface area contributed by atoms with Crippen molar-refractivity contribution in [3.05, 3.63) is 54.9 Å². The molecule has 1 aromatic carbocycles. The van der Waals surface area contributed by atoms with Crippen LogP contribution >= 0.6 is 0 Å². The number of nitrogens with one attached hydrogen (secondary N) is 2. The summed E-state index contributed by atoms with van der Waals surface area (Å²) in [6, 6.07) is 7.94. The Bertz CT molecular complexity index is 2130. The number of amides is 3. The first kappa shape index (κ1) is 41.8. The molecule has 3 aliphatic rings. The monoisotopic (exact) mass is 805 g/mol. The number of benzene rings is 1. The molecule has 1 saturated heterocycles. The first-order chi connectivity index (χ1) is 26.9. The molecule has 57 heavy (non-hydrogen) atoms. The molecule has 4 heterocycles. The Morgan fingerprint density at radius 1 is 1.07 bits per heavy atom. The van der Waals surface area contributed by atoms with Gasteiger partial charge in [-0.25, -0.2) is 9.52 Å². The largest absolute Gasteiger partial charge is 0.459 e. The van der Waals surface area contributed by atoms with Gasteiger partial charge in [-0.3, -0.25) is 23.9 Å². The predicted molar refractivity (Wildman–Crippen MR) is 214 cm³/mol. The fraction of sp³-hybridized carbons (Fsp3) is 0.561. The van der Waals surface area contributed by atoms with Gasteiger partial charge >= 0.3 is 16.3 Å². The van der Waals surface area contributed by atoms with E-state index < -0.39 is 63.1 Å². The zero-order chi connectivity index (χ0) is 41.3. The van der Waals surface area contributed by atoms with Crippen molar-refractivity contribution in [2.24, 2.45) is 11.3 Å². The normalized spacial score (nSPS) is 25.3. The number of ether oxygens (including phenoxy) is 2. The van der Waals surface area contributed by atoms with Crippen molar-refractivity contribution < 1.29 is 37.1 Å². The van der Waals surface area contributed by atoms with Crippen LogP contribution in [0.1, 0.15) is 92.0 Å². The Morgan fingerprint density at radius 2 is 1.84 bits per heavy atom. The second kappa shape index (κ2) is 16.6. The molecule has 0 unspecified atom stereocenters. The van der Waals surface area contributed by atoms with Gasteiger partial charge in [0.15, 0.2) is 5.78 Å². The van der Waals surface area contributed by atoms with Crippen LogP contribution in [0.25, 0.3) is 22.2 Å². The lowest BCUT2D eigenvalue weighted by Gasteiger charge is -2.30. The zero-order valence-electron chi connectivity index (χ0n) is 33.9. The summed E-state index contributed by atoms with van der Waals surface area (Å²) in [6.07, 6.45) is 9.22. The lowest BCUT2D eigenvalue weighted by Crippen LogP contribution is -2.53. The van der Waals surface area contributed by atoms with Crippen LogP contribution in [0.15, 0.2) is 54.9 Å². The van der Waals surface area contributed by atoms with Crippen LogP contribution in [0.3, 0.4) is 0 Å². The van der Waals surface area contributed by atoms with Crippen LogP contribution in [-0.4, -0.2) is 100 Å². The van der Waals surface area contributed by atoms with Gasteiger partial charge in [0.25, 0.3) is 6.01 Å². The van der Waals surface area contributed by atoms with Gasteiger partial charge in [0.2, 0.25) is 11.8 Å². The molecule has 3 amide bonds. The summed E-state index contributed by atoms with van der Waals surface area (Å²) in [5, 5.41) is 2.78. The molecule has 5 atom stereocenters. The second-order valence-corrected chi connectivity index (χ2v) is 18.7. The summed E-state index contributed by atoms with van der Waals surface area (Å²) in [5.74, 6) is -1.98. The summed E-state index contributed by atoms with van der Waals surface area (Å²) < 4.78 is 42.8. The highest BCUT2D eigenvalue weighted by Gasteiger charge is 2.61. The number of alkyl carbamates (subject to hydrolysis) is 1. The molecule has 0 spiro atoms. The molecule has 1 aliphatic carbocycles. The fourth-order valence-electron chi connectivity index (χ4n) is 7.84. The average Bonchev–Trinajstić information content (AvgIpc) is 3.46. The Hall–Kier alpha value is -4.83. The van der Waals surface area contributed by atoms with E-state index in [-0.39, 0.29) is 37.8 Å². The Labute approximate surface area is 334 Å². The lowest BCUT2D eigenvalue weighted by atomic mass is 9.91. The molecule has 2 aliphatic heterocycles. The minimum atomic E-state index is -4.14. The van der Waals surface area contributed by atoms with Crippen molar-refractivity contribution in [2.45, 2.75) is 116 Å². The van der Waals surface area contributed by atoms with Crippen LogP contribution < -0.4 is 14.8 Å². The van der Waals surface area contributed by atoms with Crippen molar-refractivity contribution >= 4 is 44.9 Å². The van der Waals surface area contributed by atoms with Crippen LogP contribution in [0.2, 0.25) is 0 Å². The standard InChI is InChI=1S/C41H55N7O8S/c1-26(2)48-32-19-13-17-30(27-15-14-20-42-24-27)35(32)44-38(48)55-29-21-33-34(49)23-41(37(51)45-57(53,54)46(6)7)22-28(41)16-11-9-8-10-12-18-31(36(50)47(33)25-29)43-39(52)56-40(3,4)5/h11,13-17,19-20,24,26,28-29,31,33H,8-10,12,18,21-23,25H2,1-7H3,(H,43,52)(H,45,51)/b16-11-/t28-,29-,31+,33+,41-/m1/s1. The number of carbonyl (C=O) groups is 4. The second-order valence-electron chi connectivity index (χ2n) is 16.8. The van der Waals surface area contributed by atoms with Gasteiger partial charge in [0.1, 0.15) is 23.3 Å². The van der Waals surface area contributed by atoms with Gasteiger partial charge in [0.05, 0.1) is 23.5 Å². The van der Waals surface area contributed by atoms with E-state index in [1.807, 2.05) is 60.9 Å². The molecule has 3 aromatic rings. The van der Waals surface area contributed by atoms with E-state index in [0.717, 1.165) is 33.8 Å². The summed E-state index contributed by atoms with van der Waals surface area (Å²) in [7, 11) is -1.51. The maximum atomic E-state index is 14.6. The molecular formula is C41H55N7O8S. The third-order valence-electron chi connectivity index (χ3n) is 10.9. The molecule has 15 nitrogen and oxygen atoms in total. The fourth-order valence-corrected chi connectivity index (χ4v) is 8.46. The van der Waals surface area contributed by atoms with Gasteiger partial charge in [-0.1, -0.05) is 43.2 Å². The summed E-state index contributed by atoms with van der Waals surface area (Å²) in [4.78, 5) is 66.8. The molecule has 2 fully saturated rings. The maximum absolute atomic E-state index is 14.6. The third-order valence-corrected chi connectivity index (χ3v) is 12.3. The number of para-hydroxylation sites is 1. The third kappa shape index (κ3) is 9.33. The van der Waals surface area contributed by atoms with E-state index in [2.05, 4.69) is 15.0 Å². The minimum Gasteiger partial charge on any atom is -0.459 e. The number of hydrogen-bond donors (Lipinski definition) is 2. The Balaban J connectivity index is 1.36. The molecule has 0 bridgehead atoms. The molecule has 16 heteroatoms. The smallest absolute Gasteiger partial charge is 0.408 e. The number of nitrogens with zero attached hydrogens (tertiary/aromatic N) is 5. The number of allylic oxidation sites excluding steroid dienone is 2.